The van der Waals surface area contributed by atoms with Gasteiger partial charge in [0.25, 0.3) is 0 Å². The fraction of sp³-hybridized carbons (Fsp3) is 0.190. The molecule has 0 bridgehead atoms. The smallest absolute Gasteiger partial charge is 0.307 e. The molecule has 1 N–H and O–H groups in total. The van der Waals surface area contributed by atoms with Crippen LogP contribution in [0.3, 0.4) is 0 Å². The minimum atomic E-state index is -1.02. The first-order valence-electron chi connectivity index (χ1n) is 8.45. The van der Waals surface area contributed by atoms with Crippen molar-refractivity contribution in [2.75, 3.05) is 13.0 Å². The van der Waals surface area contributed by atoms with Gasteiger partial charge >= 0.3 is 5.97 Å². The second kappa shape index (κ2) is 6.70. The normalized spacial score (nSPS) is 17.3. The highest BCUT2D eigenvalue weighted by Gasteiger charge is 2.29. The lowest BCUT2D eigenvalue weighted by Crippen LogP contribution is -1.97. The number of fused-ring (bicyclic) bond motifs is 2. The molecule has 1 aliphatic carbocycles. The van der Waals surface area contributed by atoms with Gasteiger partial charge in [0.05, 0.1) is 6.42 Å². The Balaban J connectivity index is 1.84. The van der Waals surface area contributed by atoms with Gasteiger partial charge in [-0.3, -0.25) is 9.00 Å². The summed E-state index contributed by atoms with van der Waals surface area (Å²) in [5.41, 5.74) is 5.45. The van der Waals surface area contributed by atoms with Crippen LogP contribution in [0.25, 0.3) is 17.2 Å². The SMILES string of the molecule is CC1=C(CC(=O)O)c2cc3c(cc2/C1=C\c1ccc(S(C)=O)cc1)OCO3. The maximum atomic E-state index is 11.6. The van der Waals surface area contributed by atoms with E-state index in [1.807, 2.05) is 49.4 Å². The summed E-state index contributed by atoms with van der Waals surface area (Å²) in [5.74, 6) is 0.435. The lowest BCUT2D eigenvalue weighted by molar-refractivity contribution is -0.135. The Morgan fingerprint density at radius 2 is 1.78 bits per heavy atom. The predicted molar refractivity (Wildman–Crippen MR) is 104 cm³/mol. The minimum absolute atomic E-state index is 0.0520. The monoisotopic (exact) mass is 382 g/mol. The van der Waals surface area contributed by atoms with Gasteiger partial charge in [0.1, 0.15) is 0 Å². The summed E-state index contributed by atoms with van der Waals surface area (Å²) in [5, 5.41) is 9.33. The van der Waals surface area contributed by atoms with E-state index < -0.39 is 16.8 Å². The molecule has 0 radical (unpaired) electrons. The van der Waals surface area contributed by atoms with Crippen LogP contribution in [0.2, 0.25) is 0 Å². The second-order valence-electron chi connectivity index (χ2n) is 6.51. The number of carboxylic acids is 1. The van der Waals surface area contributed by atoms with Gasteiger partial charge in [0, 0.05) is 22.0 Å². The van der Waals surface area contributed by atoms with Crippen molar-refractivity contribution >= 4 is 34.0 Å². The quantitative estimate of drug-likeness (QED) is 0.867. The van der Waals surface area contributed by atoms with E-state index >= 15 is 0 Å². The maximum Gasteiger partial charge on any atom is 0.307 e. The van der Waals surface area contributed by atoms with Crippen molar-refractivity contribution in [2.24, 2.45) is 0 Å². The number of aliphatic carboxylic acids is 1. The number of benzene rings is 2. The van der Waals surface area contributed by atoms with Crippen LogP contribution in [0.4, 0.5) is 0 Å². The molecule has 0 spiro atoms. The van der Waals surface area contributed by atoms with Gasteiger partial charge in [-0.05, 0) is 70.7 Å². The van der Waals surface area contributed by atoms with E-state index in [1.165, 1.54) is 0 Å². The lowest BCUT2D eigenvalue weighted by Gasteiger charge is -2.07. The Morgan fingerprint density at radius 3 is 2.37 bits per heavy atom. The van der Waals surface area contributed by atoms with Crippen molar-refractivity contribution in [3.05, 3.63) is 58.7 Å². The maximum absolute atomic E-state index is 11.6. The zero-order valence-electron chi connectivity index (χ0n) is 14.9. The van der Waals surface area contributed by atoms with E-state index in [4.69, 9.17) is 9.47 Å². The summed E-state index contributed by atoms with van der Waals surface area (Å²) in [6.07, 6.45) is 3.62. The molecule has 6 heteroatoms. The third kappa shape index (κ3) is 3.17. The average molecular weight is 382 g/mol. The van der Waals surface area contributed by atoms with Crippen LogP contribution in [0, 0.1) is 0 Å². The van der Waals surface area contributed by atoms with Crippen molar-refractivity contribution in [1.82, 2.24) is 0 Å². The molecular weight excluding hydrogens is 364 g/mol. The first-order valence-corrected chi connectivity index (χ1v) is 10.0. The predicted octanol–water partition coefficient (Wildman–Crippen LogP) is 3.96. The molecule has 5 nitrogen and oxygen atoms in total. The van der Waals surface area contributed by atoms with Crippen LogP contribution < -0.4 is 9.47 Å². The summed E-state index contributed by atoms with van der Waals surface area (Å²) in [7, 11) is -1.02. The second-order valence-corrected chi connectivity index (χ2v) is 7.89. The minimum Gasteiger partial charge on any atom is -0.481 e. The molecule has 0 fully saturated rings. The fourth-order valence-electron chi connectivity index (χ4n) is 3.47. The molecule has 0 amide bonds. The standard InChI is InChI=1S/C21H18O5S/c1-12-15(7-13-3-5-14(6-4-13)27(2)24)17-8-19-20(26-11-25-19)9-18(17)16(12)10-21(22)23/h3-9H,10-11H2,1-2H3,(H,22,23)/b15-7-. The first-order chi connectivity index (χ1) is 12.9. The Hall–Kier alpha value is -2.86. The number of allylic oxidation sites excluding steroid dienone is 2. The summed E-state index contributed by atoms with van der Waals surface area (Å²) in [4.78, 5) is 12.1. The molecule has 0 aromatic heterocycles. The molecule has 27 heavy (non-hydrogen) atoms. The average Bonchev–Trinajstić information content (AvgIpc) is 3.18. The van der Waals surface area contributed by atoms with Gasteiger partial charge < -0.3 is 14.6 Å². The molecule has 1 aliphatic heterocycles. The molecule has 1 heterocycles. The lowest BCUT2D eigenvalue weighted by atomic mass is 10.00. The summed E-state index contributed by atoms with van der Waals surface area (Å²) in [6, 6.07) is 11.3. The van der Waals surface area contributed by atoms with Crippen LogP contribution in [0.15, 0.2) is 46.9 Å². The van der Waals surface area contributed by atoms with Gasteiger partial charge in [0.15, 0.2) is 11.5 Å². The molecule has 2 aromatic carbocycles. The van der Waals surface area contributed by atoms with Gasteiger partial charge in [-0.15, -0.1) is 0 Å². The van der Waals surface area contributed by atoms with Gasteiger partial charge in [-0.25, -0.2) is 0 Å². The zero-order chi connectivity index (χ0) is 19.1. The molecule has 2 aromatic rings. The van der Waals surface area contributed by atoms with E-state index in [1.54, 1.807) is 6.26 Å². The zero-order valence-corrected chi connectivity index (χ0v) is 15.8. The Morgan fingerprint density at radius 1 is 1.15 bits per heavy atom. The van der Waals surface area contributed by atoms with Crippen molar-refractivity contribution < 1.29 is 23.6 Å². The molecule has 4 rings (SSSR count). The molecule has 0 saturated carbocycles. The van der Waals surface area contributed by atoms with Crippen molar-refractivity contribution in [3.8, 4) is 11.5 Å². The van der Waals surface area contributed by atoms with E-state index in [0.717, 1.165) is 38.3 Å². The van der Waals surface area contributed by atoms with E-state index in [0.29, 0.717) is 11.5 Å². The van der Waals surface area contributed by atoms with Crippen LogP contribution >= 0.6 is 0 Å². The van der Waals surface area contributed by atoms with Crippen molar-refractivity contribution in [3.63, 3.8) is 0 Å². The highest BCUT2D eigenvalue weighted by molar-refractivity contribution is 7.84. The van der Waals surface area contributed by atoms with E-state index in [9.17, 15) is 14.1 Å². The topological polar surface area (TPSA) is 72.8 Å². The van der Waals surface area contributed by atoms with Gasteiger partial charge in [-0.2, -0.15) is 0 Å². The highest BCUT2D eigenvalue weighted by Crippen LogP contribution is 2.48. The Labute approximate surface area is 159 Å². The number of hydrogen-bond donors (Lipinski definition) is 1. The fourth-order valence-corrected chi connectivity index (χ4v) is 3.99. The number of rotatable bonds is 4. The third-order valence-electron chi connectivity index (χ3n) is 4.84. The summed E-state index contributed by atoms with van der Waals surface area (Å²) >= 11 is 0. The Kier molecular flexibility index (Phi) is 4.36. The van der Waals surface area contributed by atoms with Crippen molar-refractivity contribution in [1.29, 1.82) is 0 Å². The van der Waals surface area contributed by atoms with Crippen LogP contribution in [-0.2, 0) is 15.6 Å². The molecule has 138 valence electrons. The summed E-state index contributed by atoms with van der Waals surface area (Å²) < 4.78 is 22.5. The summed E-state index contributed by atoms with van der Waals surface area (Å²) in [6.45, 7) is 2.11. The molecule has 1 unspecified atom stereocenters. The van der Waals surface area contributed by atoms with Crippen molar-refractivity contribution in [2.45, 2.75) is 18.2 Å². The number of hydrogen-bond acceptors (Lipinski definition) is 4. The van der Waals surface area contributed by atoms with Crippen LogP contribution in [0.5, 0.6) is 11.5 Å². The number of carbonyl (C=O) groups is 1. The Bertz CT molecular complexity index is 1030. The van der Waals surface area contributed by atoms with E-state index in [-0.39, 0.29) is 13.2 Å². The number of ether oxygens (including phenoxy) is 2. The van der Waals surface area contributed by atoms with Gasteiger partial charge in [0.2, 0.25) is 6.79 Å². The third-order valence-corrected chi connectivity index (χ3v) is 5.77. The largest absolute Gasteiger partial charge is 0.481 e. The molecular formula is C21H18O5S. The van der Waals surface area contributed by atoms with Crippen LogP contribution in [-0.4, -0.2) is 28.3 Å². The van der Waals surface area contributed by atoms with E-state index in [2.05, 4.69) is 0 Å². The first kappa shape index (κ1) is 17.5. The highest BCUT2D eigenvalue weighted by atomic mass is 32.2. The molecule has 1 atom stereocenters. The number of carboxylic acid groups (broad SMARTS) is 1. The van der Waals surface area contributed by atoms with Gasteiger partial charge in [-0.1, -0.05) is 12.1 Å². The molecule has 2 aliphatic rings. The molecule has 0 saturated heterocycles. The van der Waals surface area contributed by atoms with Crippen LogP contribution in [0.1, 0.15) is 30.0 Å².